The van der Waals surface area contributed by atoms with Crippen LogP contribution < -0.4 is 4.90 Å². The fraction of sp³-hybridized carbons (Fsp3) is 0.273. The molecule has 0 bridgehead atoms. The highest BCUT2D eigenvalue weighted by Gasteiger charge is 2.17. The summed E-state index contributed by atoms with van der Waals surface area (Å²) < 4.78 is 0. The Kier molecular flexibility index (Phi) is 4.55. The largest absolute Gasteiger partial charge is 0.354 e. The molecule has 0 radical (unpaired) electrons. The number of rotatable bonds is 3. The van der Waals surface area contributed by atoms with Gasteiger partial charge in [0.2, 0.25) is 0 Å². The monoisotopic (exact) mass is 342 g/mol. The fourth-order valence-electron chi connectivity index (χ4n) is 3.60. The van der Waals surface area contributed by atoms with E-state index in [4.69, 9.17) is 4.98 Å². The van der Waals surface area contributed by atoms with Gasteiger partial charge in [-0.2, -0.15) is 5.26 Å². The second-order valence-corrected chi connectivity index (χ2v) is 6.66. The maximum absolute atomic E-state index is 9.20. The topological polar surface area (TPSA) is 43.2 Å². The number of benzene rings is 2. The predicted octanol–water partition coefficient (Wildman–Crippen LogP) is 3.92. The van der Waals surface area contributed by atoms with Crippen LogP contribution >= 0.6 is 0 Å². The summed E-state index contributed by atoms with van der Waals surface area (Å²) in [5.41, 5.74) is 3.79. The second-order valence-electron chi connectivity index (χ2n) is 6.66. The van der Waals surface area contributed by atoms with Gasteiger partial charge in [0.1, 0.15) is 5.82 Å². The molecule has 2 aromatic carbocycles. The highest BCUT2D eigenvalue weighted by Crippen LogP contribution is 2.29. The molecule has 3 aromatic rings. The lowest BCUT2D eigenvalue weighted by Gasteiger charge is -2.34. The molecule has 2 heterocycles. The molecule has 1 aliphatic rings. The number of piperazine rings is 1. The first-order valence-electron chi connectivity index (χ1n) is 9.16. The minimum Gasteiger partial charge on any atom is -0.354 e. The van der Waals surface area contributed by atoms with E-state index < -0.39 is 0 Å². The first-order chi connectivity index (χ1) is 12.8. The van der Waals surface area contributed by atoms with E-state index in [2.05, 4.69) is 53.1 Å². The van der Waals surface area contributed by atoms with Crippen molar-refractivity contribution in [3.8, 4) is 17.2 Å². The van der Waals surface area contributed by atoms with E-state index in [9.17, 15) is 5.26 Å². The van der Waals surface area contributed by atoms with E-state index in [1.165, 1.54) is 0 Å². The van der Waals surface area contributed by atoms with Crippen molar-refractivity contribution < 1.29 is 0 Å². The Hall–Kier alpha value is -2.90. The molecule has 4 nitrogen and oxygen atoms in total. The number of para-hydroxylation sites is 1. The van der Waals surface area contributed by atoms with Gasteiger partial charge in [0.15, 0.2) is 0 Å². The van der Waals surface area contributed by atoms with Crippen molar-refractivity contribution in [2.45, 2.75) is 6.92 Å². The highest BCUT2D eigenvalue weighted by atomic mass is 15.3. The van der Waals surface area contributed by atoms with Crippen molar-refractivity contribution in [2.24, 2.45) is 0 Å². The fourth-order valence-corrected chi connectivity index (χ4v) is 3.60. The Morgan fingerprint density at radius 2 is 1.81 bits per heavy atom. The van der Waals surface area contributed by atoms with Crippen LogP contribution in [0, 0.1) is 11.3 Å². The number of pyridine rings is 1. The van der Waals surface area contributed by atoms with E-state index in [1.807, 2.05) is 24.3 Å². The third kappa shape index (κ3) is 3.14. The molecule has 1 aromatic heterocycles. The normalized spacial score (nSPS) is 15.2. The molecule has 0 amide bonds. The minimum absolute atomic E-state index is 0.673. The van der Waals surface area contributed by atoms with Crippen molar-refractivity contribution in [3.63, 3.8) is 0 Å². The molecule has 4 heteroatoms. The molecule has 0 N–H and O–H groups in total. The quantitative estimate of drug-likeness (QED) is 0.724. The van der Waals surface area contributed by atoms with Gasteiger partial charge < -0.3 is 9.80 Å². The van der Waals surface area contributed by atoms with E-state index in [1.54, 1.807) is 0 Å². The van der Waals surface area contributed by atoms with Crippen LogP contribution in [0.5, 0.6) is 0 Å². The molecule has 0 atom stereocenters. The van der Waals surface area contributed by atoms with Gasteiger partial charge in [-0.1, -0.05) is 37.3 Å². The Bertz CT molecular complexity index is 965. The molecule has 130 valence electrons. The molecule has 4 rings (SSSR count). The molecular formula is C22H22N4. The lowest BCUT2D eigenvalue weighted by atomic mass is 10.0. The van der Waals surface area contributed by atoms with E-state index in [0.717, 1.165) is 60.6 Å². The third-order valence-corrected chi connectivity index (χ3v) is 5.15. The van der Waals surface area contributed by atoms with Gasteiger partial charge >= 0.3 is 0 Å². The average molecular weight is 342 g/mol. The zero-order chi connectivity index (χ0) is 17.9. The number of anilines is 1. The summed E-state index contributed by atoms with van der Waals surface area (Å²) in [6, 6.07) is 20.5. The molecule has 0 saturated carbocycles. The highest BCUT2D eigenvalue weighted by molar-refractivity contribution is 5.94. The molecule has 0 spiro atoms. The molecule has 1 aliphatic heterocycles. The summed E-state index contributed by atoms with van der Waals surface area (Å²) in [4.78, 5) is 9.84. The number of nitrogens with zero attached hydrogens (tertiary/aromatic N) is 4. The molecular weight excluding hydrogens is 320 g/mol. The number of fused-ring (bicyclic) bond motifs is 1. The number of likely N-dealkylation sites (N-methyl/N-ethyl adjacent to an activating group) is 1. The summed E-state index contributed by atoms with van der Waals surface area (Å²) in [5, 5.41) is 10.3. The summed E-state index contributed by atoms with van der Waals surface area (Å²) >= 11 is 0. The van der Waals surface area contributed by atoms with E-state index in [-0.39, 0.29) is 0 Å². The number of hydrogen-bond donors (Lipinski definition) is 0. The first kappa shape index (κ1) is 16.6. The minimum atomic E-state index is 0.673. The van der Waals surface area contributed by atoms with Crippen molar-refractivity contribution >= 4 is 16.7 Å². The smallest absolute Gasteiger partial charge is 0.129 e. The van der Waals surface area contributed by atoms with E-state index >= 15 is 0 Å². The van der Waals surface area contributed by atoms with Crippen LogP contribution in [0.2, 0.25) is 0 Å². The Labute approximate surface area is 154 Å². The summed E-state index contributed by atoms with van der Waals surface area (Å²) in [6.45, 7) is 7.52. The van der Waals surface area contributed by atoms with Gasteiger partial charge in [0, 0.05) is 37.1 Å². The maximum Gasteiger partial charge on any atom is 0.129 e. The number of hydrogen-bond acceptors (Lipinski definition) is 4. The molecule has 1 saturated heterocycles. The number of nitriles is 1. The average Bonchev–Trinajstić information content (AvgIpc) is 2.73. The SMILES string of the molecule is CCN1CCN(c2ccc3cccc(-c4cccc(C#N)c4)c3n2)CC1. The lowest BCUT2D eigenvalue weighted by molar-refractivity contribution is 0.270. The molecule has 0 aliphatic carbocycles. The van der Waals surface area contributed by atoms with Gasteiger partial charge in [-0.3, -0.25) is 0 Å². The van der Waals surface area contributed by atoms with Gasteiger partial charge in [0.05, 0.1) is 17.1 Å². The Morgan fingerprint density at radius 1 is 1.00 bits per heavy atom. The predicted molar refractivity (Wildman–Crippen MR) is 106 cm³/mol. The van der Waals surface area contributed by atoms with E-state index in [0.29, 0.717) is 5.56 Å². The van der Waals surface area contributed by atoms with Crippen LogP contribution in [0.3, 0.4) is 0 Å². The maximum atomic E-state index is 9.20. The lowest BCUT2D eigenvalue weighted by Crippen LogP contribution is -2.46. The Balaban J connectivity index is 1.74. The van der Waals surface area contributed by atoms with Gasteiger partial charge in [-0.05, 0) is 36.4 Å². The summed E-state index contributed by atoms with van der Waals surface area (Å²) in [5.74, 6) is 1.04. The van der Waals surface area contributed by atoms with Gasteiger partial charge in [-0.25, -0.2) is 4.98 Å². The third-order valence-electron chi connectivity index (χ3n) is 5.15. The second kappa shape index (κ2) is 7.15. The standard InChI is InChI=1S/C22H22N4/c1-2-25-11-13-26(14-12-25)21-10-9-18-6-4-8-20(22(18)24-21)19-7-3-5-17(15-19)16-23/h3-10,15H,2,11-14H2,1H3. The Morgan fingerprint density at radius 3 is 2.58 bits per heavy atom. The van der Waals surface area contributed by atoms with Crippen LogP contribution in [0.1, 0.15) is 12.5 Å². The molecule has 0 unspecified atom stereocenters. The van der Waals surface area contributed by atoms with Crippen LogP contribution in [0.4, 0.5) is 5.82 Å². The van der Waals surface area contributed by atoms with Crippen LogP contribution in [-0.2, 0) is 0 Å². The molecule has 1 fully saturated rings. The van der Waals surface area contributed by atoms with Gasteiger partial charge in [0.25, 0.3) is 0 Å². The van der Waals surface area contributed by atoms with Gasteiger partial charge in [-0.15, -0.1) is 0 Å². The van der Waals surface area contributed by atoms with Crippen LogP contribution in [0.25, 0.3) is 22.0 Å². The molecule has 26 heavy (non-hydrogen) atoms. The number of aromatic nitrogens is 1. The van der Waals surface area contributed by atoms with Crippen molar-refractivity contribution in [1.82, 2.24) is 9.88 Å². The van der Waals surface area contributed by atoms with Crippen LogP contribution in [-0.4, -0.2) is 42.6 Å². The first-order valence-corrected chi connectivity index (χ1v) is 9.16. The van der Waals surface area contributed by atoms with Crippen molar-refractivity contribution in [3.05, 3.63) is 60.2 Å². The van der Waals surface area contributed by atoms with Crippen molar-refractivity contribution in [2.75, 3.05) is 37.6 Å². The zero-order valence-corrected chi connectivity index (χ0v) is 15.0. The summed E-state index contributed by atoms with van der Waals surface area (Å²) in [7, 11) is 0. The van der Waals surface area contributed by atoms with Crippen LogP contribution in [0.15, 0.2) is 54.6 Å². The summed E-state index contributed by atoms with van der Waals surface area (Å²) in [6.07, 6.45) is 0. The van der Waals surface area contributed by atoms with Crippen molar-refractivity contribution in [1.29, 1.82) is 5.26 Å². The zero-order valence-electron chi connectivity index (χ0n) is 15.0.